The molecular formula is C14H26N2OS. The molecule has 0 aromatic rings. The fourth-order valence-corrected chi connectivity index (χ4v) is 4.45. The van der Waals surface area contributed by atoms with Gasteiger partial charge >= 0.3 is 0 Å². The third-order valence-corrected chi connectivity index (χ3v) is 5.31. The molecular weight excluding hydrogens is 244 g/mol. The molecule has 1 aliphatic heterocycles. The summed E-state index contributed by atoms with van der Waals surface area (Å²) in [6.45, 7) is 7.35. The number of nitrogens with one attached hydrogen (secondary N) is 1. The van der Waals surface area contributed by atoms with E-state index in [-0.39, 0.29) is 6.04 Å². The summed E-state index contributed by atoms with van der Waals surface area (Å²) in [6.07, 6.45) is 4.72. The molecule has 0 spiro atoms. The highest BCUT2D eigenvalue weighted by Crippen LogP contribution is 2.34. The van der Waals surface area contributed by atoms with Crippen molar-refractivity contribution in [1.82, 2.24) is 10.2 Å². The van der Waals surface area contributed by atoms with Crippen LogP contribution in [0, 0.1) is 5.92 Å². The maximum Gasteiger partial charge on any atom is 0.241 e. The van der Waals surface area contributed by atoms with Gasteiger partial charge < -0.3 is 4.90 Å². The second-order valence-corrected chi connectivity index (χ2v) is 7.36. The van der Waals surface area contributed by atoms with E-state index < -0.39 is 0 Å². The second kappa shape index (κ2) is 6.29. The van der Waals surface area contributed by atoms with Crippen LogP contribution < -0.4 is 5.32 Å². The molecule has 2 aliphatic rings. The van der Waals surface area contributed by atoms with Crippen molar-refractivity contribution in [3.8, 4) is 0 Å². The average molecular weight is 270 g/mol. The van der Waals surface area contributed by atoms with Crippen LogP contribution in [0.4, 0.5) is 0 Å². The topological polar surface area (TPSA) is 32.3 Å². The van der Waals surface area contributed by atoms with Crippen LogP contribution in [0.5, 0.6) is 0 Å². The van der Waals surface area contributed by atoms with E-state index in [2.05, 4.69) is 31.0 Å². The molecule has 0 bridgehead atoms. The van der Waals surface area contributed by atoms with Crippen molar-refractivity contribution in [1.29, 1.82) is 0 Å². The Labute approximate surface area is 115 Å². The molecule has 1 saturated carbocycles. The van der Waals surface area contributed by atoms with Gasteiger partial charge in [0.15, 0.2) is 0 Å². The van der Waals surface area contributed by atoms with Crippen LogP contribution in [-0.2, 0) is 4.79 Å². The van der Waals surface area contributed by atoms with Gasteiger partial charge in [-0.2, -0.15) is 11.8 Å². The highest BCUT2D eigenvalue weighted by atomic mass is 32.2. The fourth-order valence-electron chi connectivity index (χ4n) is 3.18. The van der Waals surface area contributed by atoms with E-state index in [1.807, 2.05) is 11.8 Å². The lowest BCUT2D eigenvalue weighted by Gasteiger charge is -2.28. The minimum Gasteiger partial charge on any atom is -0.324 e. The van der Waals surface area contributed by atoms with Crippen molar-refractivity contribution in [2.75, 3.05) is 12.4 Å². The highest BCUT2D eigenvalue weighted by molar-refractivity contribution is 7.99. The Hall–Kier alpha value is -0.220. The molecule has 1 saturated heterocycles. The average Bonchev–Trinajstić information content (AvgIpc) is 2.88. The first-order chi connectivity index (χ1) is 8.63. The highest BCUT2D eigenvalue weighted by Gasteiger charge is 2.40. The van der Waals surface area contributed by atoms with Gasteiger partial charge in [-0.1, -0.05) is 27.2 Å². The van der Waals surface area contributed by atoms with Gasteiger partial charge in [-0.3, -0.25) is 10.1 Å². The summed E-state index contributed by atoms with van der Waals surface area (Å²) in [6, 6.07) is 0.546. The van der Waals surface area contributed by atoms with Gasteiger partial charge in [0.2, 0.25) is 5.91 Å². The standard InChI is InChI=1S/C14H26N2OS/c1-4-18-13-7-5-6-12(13)16-9-15-11(14(16)17)8-10(2)3/h10-13,15H,4-9H2,1-3H3. The van der Waals surface area contributed by atoms with E-state index in [9.17, 15) is 4.79 Å². The molecule has 3 unspecified atom stereocenters. The largest absolute Gasteiger partial charge is 0.324 e. The lowest BCUT2D eigenvalue weighted by Crippen LogP contribution is -2.42. The minimum atomic E-state index is 0.0675. The van der Waals surface area contributed by atoms with Crippen molar-refractivity contribution in [3.05, 3.63) is 0 Å². The van der Waals surface area contributed by atoms with Gasteiger partial charge in [0.25, 0.3) is 0 Å². The minimum absolute atomic E-state index is 0.0675. The monoisotopic (exact) mass is 270 g/mol. The van der Waals surface area contributed by atoms with Crippen LogP contribution in [0.25, 0.3) is 0 Å². The zero-order valence-corrected chi connectivity index (χ0v) is 12.6. The zero-order chi connectivity index (χ0) is 13.1. The summed E-state index contributed by atoms with van der Waals surface area (Å²) in [5.74, 6) is 2.08. The lowest BCUT2D eigenvalue weighted by molar-refractivity contribution is -0.130. The molecule has 0 radical (unpaired) electrons. The molecule has 3 atom stereocenters. The summed E-state index contributed by atoms with van der Waals surface area (Å²) in [7, 11) is 0. The van der Waals surface area contributed by atoms with Gasteiger partial charge in [-0.15, -0.1) is 0 Å². The predicted octanol–water partition coefficient (Wildman–Crippen LogP) is 2.46. The molecule has 1 heterocycles. The Morgan fingerprint density at radius 1 is 1.44 bits per heavy atom. The predicted molar refractivity (Wildman–Crippen MR) is 77.7 cm³/mol. The number of nitrogens with zero attached hydrogens (tertiary/aromatic N) is 1. The van der Waals surface area contributed by atoms with E-state index in [4.69, 9.17) is 0 Å². The Bertz CT molecular complexity index is 296. The molecule has 0 aromatic carbocycles. The van der Waals surface area contributed by atoms with Crippen LogP contribution in [0.2, 0.25) is 0 Å². The first kappa shape index (κ1) is 14.2. The summed E-state index contributed by atoms with van der Waals surface area (Å²) in [4.78, 5) is 14.6. The van der Waals surface area contributed by atoms with Crippen LogP contribution in [0.1, 0.15) is 46.5 Å². The number of carbonyl (C=O) groups excluding carboxylic acids is 1. The fraction of sp³-hybridized carbons (Fsp3) is 0.929. The molecule has 1 aliphatic carbocycles. The molecule has 1 amide bonds. The van der Waals surface area contributed by atoms with Crippen molar-refractivity contribution >= 4 is 17.7 Å². The molecule has 2 rings (SSSR count). The second-order valence-electron chi connectivity index (χ2n) is 5.84. The Morgan fingerprint density at radius 2 is 2.22 bits per heavy atom. The normalized spacial score (nSPS) is 32.8. The smallest absolute Gasteiger partial charge is 0.241 e. The number of thioether (sulfide) groups is 1. The number of hydrogen-bond acceptors (Lipinski definition) is 3. The van der Waals surface area contributed by atoms with Crippen molar-refractivity contribution in [2.45, 2.75) is 63.8 Å². The number of amides is 1. The Kier molecular flexibility index (Phi) is 4.96. The van der Waals surface area contributed by atoms with E-state index in [1.165, 1.54) is 19.3 Å². The first-order valence-corrected chi connectivity index (χ1v) is 8.33. The summed E-state index contributed by atoms with van der Waals surface area (Å²) in [5.41, 5.74) is 0. The van der Waals surface area contributed by atoms with Crippen LogP contribution in [-0.4, -0.2) is 40.6 Å². The quantitative estimate of drug-likeness (QED) is 0.833. The molecule has 4 heteroatoms. The van der Waals surface area contributed by atoms with E-state index in [0.29, 0.717) is 23.1 Å². The Balaban J connectivity index is 1.95. The summed E-state index contributed by atoms with van der Waals surface area (Å²) in [5, 5.41) is 4.06. The van der Waals surface area contributed by atoms with Crippen molar-refractivity contribution < 1.29 is 4.79 Å². The third-order valence-electron chi connectivity index (χ3n) is 4.00. The molecule has 2 fully saturated rings. The van der Waals surface area contributed by atoms with E-state index >= 15 is 0 Å². The number of rotatable bonds is 5. The molecule has 3 nitrogen and oxygen atoms in total. The third kappa shape index (κ3) is 3.02. The maximum absolute atomic E-state index is 12.4. The van der Waals surface area contributed by atoms with Gasteiger partial charge in [-0.05, 0) is 30.9 Å². The van der Waals surface area contributed by atoms with Crippen LogP contribution in [0.15, 0.2) is 0 Å². The molecule has 18 heavy (non-hydrogen) atoms. The molecule has 0 aromatic heterocycles. The van der Waals surface area contributed by atoms with E-state index in [0.717, 1.165) is 18.8 Å². The van der Waals surface area contributed by atoms with Crippen molar-refractivity contribution in [3.63, 3.8) is 0 Å². The number of carbonyl (C=O) groups is 1. The van der Waals surface area contributed by atoms with Crippen LogP contribution >= 0.6 is 11.8 Å². The van der Waals surface area contributed by atoms with Gasteiger partial charge in [-0.25, -0.2) is 0 Å². The zero-order valence-electron chi connectivity index (χ0n) is 11.8. The maximum atomic E-state index is 12.4. The van der Waals surface area contributed by atoms with Crippen molar-refractivity contribution in [2.24, 2.45) is 5.92 Å². The van der Waals surface area contributed by atoms with Gasteiger partial charge in [0, 0.05) is 11.3 Å². The summed E-state index contributed by atoms with van der Waals surface area (Å²) >= 11 is 2.03. The lowest BCUT2D eigenvalue weighted by atomic mass is 10.0. The molecule has 104 valence electrons. The first-order valence-electron chi connectivity index (χ1n) is 7.29. The van der Waals surface area contributed by atoms with Gasteiger partial charge in [0.1, 0.15) is 0 Å². The Morgan fingerprint density at radius 3 is 2.89 bits per heavy atom. The SMILES string of the molecule is CCSC1CCCC1N1CNC(CC(C)C)C1=O. The number of hydrogen-bond donors (Lipinski definition) is 1. The van der Waals surface area contributed by atoms with Gasteiger partial charge in [0.05, 0.1) is 12.7 Å². The molecule has 1 N–H and O–H groups in total. The summed E-state index contributed by atoms with van der Waals surface area (Å²) < 4.78 is 0. The van der Waals surface area contributed by atoms with E-state index in [1.54, 1.807) is 0 Å². The van der Waals surface area contributed by atoms with Crippen LogP contribution in [0.3, 0.4) is 0 Å².